The number of benzene rings is 1. The third-order valence-electron chi connectivity index (χ3n) is 8.16. The number of aromatic amines is 1. The monoisotopic (exact) mass is 514 g/mol. The van der Waals surface area contributed by atoms with Crippen LogP contribution in [0.25, 0.3) is 5.57 Å². The molecule has 3 heterocycles. The maximum atomic E-state index is 11.8. The van der Waals surface area contributed by atoms with Gasteiger partial charge < -0.3 is 10.1 Å². The lowest BCUT2D eigenvalue weighted by Gasteiger charge is -2.33. The molecule has 5 rings (SSSR count). The molecule has 2 fully saturated rings. The van der Waals surface area contributed by atoms with E-state index in [0.717, 1.165) is 56.7 Å². The molecule has 0 bridgehead atoms. The molecule has 2 aromatic rings. The summed E-state index contributed by atoms with van der Waals surface area (Å²) in [5.41, 5.74) is 11.9. The number of hydrogen-bond donors (Lipinski definition) is 5. The van der Waals surface area contributed by atoms with Gasteiger partial charge in [-0.1, -0.05) is 19.1 Å². The molecule has 9 nitrogen and oxygen atoms in total. The molecule has 3 aliphatic rings. The van der Waals surface area contributed by atoms with Crippen LogP contribution in [0.2, 0.25) is 0 Å². The van der Waals surface area contributed by atoms with E-state index in [1.165, 1.54) is 23.7 Å². The van der Waals surface area contributed by atoms with Crippen LogP contribution in [0.3, 0.4) is 0 Å². The number of imidazole rings is 1. The highest BCUT2D eigenvalue weighted by Crippen LogP contribution is 2.44. The molecule has 36 heavy (non-hydrogen) atoms. The number of aryl methyl sites for hydroxylation is 1. The number of hydrazine groups is 1. The van der Waals surface area contributed by atoms with Crippen molar-refractivity contribution in [3.8, 4) is 5.75 Å². The Kier molecular flexibility index (Phi) is 7.50. The molecule has 1 saturated heterocycles. The molecule has 1 aromatic heterocycles. The number of aromatic nitrogens is 2. The number of H-pyrrole nitrogens is 1. The highest BCUT2D eigenvalue weighted by atomic mass is 32.2. The second-order valence-electron chi connectivity index (χ2n) is 10.3. The number of fused-ring (bicyclic) bond motifs is 1. The standard InChI is InChI=1S/C26H38N6O3S/c1-3-17-13-20(33)7-9-21(17)18-6-8-22-23(14-18)30-31-25(22)26-28-15-24(29-26)19-5-4-10-32(16-19)11-12-36(34,35)27-2/h5,7,9,13,15,18,22-23,25,27,30-31,33H,3-4,6,8,10-12,14,16H2,1-2H3,(H,28,29). The van der Waals surface area contributed by atoms with E-state index in [1.54, 1.807) is 0 Å². The van der Waals surface area contributed by atoms with Crippen molar-refractivity contribution in [2.24, 2.45) is 5.92 Å². The van der Waals surface area contributed by atoms with E-state index in [0.29, 0.717) is 30.2 Å². The number of phenols is 1. The number of hydrogen-bond acceptors (Lipinski definition) is 7. The van der Waals surface area contributed by atoms with Crippen molar-refractivity contribution in [1.82, 2.24) is 30.4 Å². The van der Waals surface area contributed by atoms with Crippen LogP contribution in [0.15, 0.2) is 30.5 Å². The van der Waals surface area contributed by atoms with Crippen LogP contribution in [-0.2, 0) is 16.4 Å². The fraction of sp³-hybridized carbons (Fsp3) is 0.577. The molecular formula is C26H38N6O3S. The van der Waals surface area contributed by atoms with Crippen LogP contribution >= 0.6 is 0 Å². The zero-order valence-electron chi connectivity index (χ0n) is 21.1. The topological polar surface area (TPSA) is 122 Å². The van der Waals surface area contributed by atoms with E-state index in [4.69, 9.17) is 4.98 Å². The van der Waals surface area contributed by atoms with E-state index in [1.807, 2.05) is 18.3 Å². The molecule has 0 spiro atoms. The number of sulfonamides is 1. The van der Waals surface area contributed by atoms with E-state index in [2.05, 4.69) is 44.5 Å². The van der Waals surface area contributed by atoms with Gasteiger partial charge in [0.1, 0.15) is 11.6 Å². The summed E-state index contributed by atoms with van der Waals surface area (Å²) in [7, 11) is -1.74. The van der Waals surface area contributed by atoms with E-state index >= 15 is 0 Å². The minimum Gasteiger partial charge on any atom is -0.508 e. The van der Waals surface area contributed by atoms with Gasteiger partial charge in [-0.05, 0) is 79.8 Å². The van der Waals surface area contributed by atoms with Gasteiger partial charge in [-0.2, -0.15) is 0 Å². The predicted molar refractivity (Wildman–Crippen MR) is 141 cm³/mol. The fourth-order valence-electron chi connectivity index (χ4n) is 6.11. The Bertz CT molecular complexity index is 1210. The summed E-state index contributed by atoms with van der Waals surface area (Å²) < 4.78 is 26.0. The molecule has 10 heteroatoms. The maximum Gasteiger partial charge on any atom is 0.212 e. The molecule has 1 aromatic carbocycles. The van der Waals surface area contributed by atoms with Gasteiger partial charge >= 0.3 is 0 Å². The summed E-state index contributed by atoms with van der Waals surface area (Å²) in [5.74, 6) is 2.37. The van der Waals surface area contributed by atoms with Crippen molar-refractivity contribution in [3.05, 3.63) is 53.1 Å². The zero-order valence-corrected chi connectivity index (χ0v) is 21.9. The summed E-state index contributed by atoms with van der Waals surface area (Å²) >= 11 is 0. The zero-order chi connectivity index (χ0) is 25.3. The van der Waals surface area contributed by atoms with Crippen LogP contribution in [0.1, 0.15) is 67.2 Å². The minimum absolute atomic E-state index is 0.108. The lowest BCUT2D eigenvalue weighted by Crippen LogP contribution is -2.36. The molecular weight excluding hydrogens is 476 g/mol. The predicted octanol–water partition coefficient (Wildman–Crippen LogP) is 2.42. The second-order valence-corrected chi connectivity index (χ2v) is 12.3. The van der Waals surface area contributed by atoms with Crippen LogP contribution in [0.5, 0.6) is 5.75 Å². The normalized spacial score (nSPS) is 27.1. The summed E-state index contributed by atoms with van der Waals surface area (Å²) in [6.45, 7) is 4.25. The Morgan fingerprint density at radius 2 is 2.11 bits per heavy atom. The van der Waals surface area contributed by atoms with Crippen molar-refractivity contribution >= 4 is 15.6 Å². The first-order valence-corrected chi connectivity index (χ1v) is 14.7. The van der Waals surface area contributed by atoms with Gasteiger partial charge in [0.25, 0.3) is 0 Å². The van der Waals surface area contributed by atoms with Crippen molar-refractivity contribution in [2.75, 3.05) is 32.4 Å². The highest BCUT2D eigenvalue weighted by Gasteiger charge is 2.42. The molecule has 2 aliphatic heterocycles. The molecule has 4 unspecified atom stereocenters. The largest absolute Gasteiger partial charge is 0.508 e. The summed E-state index contributed by atoms with van der Waals surface area (Å²) in [4.78, 5) is 10.5. The Hall–Kier alpha value is -2.24. The van der Waals surface area contributed by atoms with Gasteiger partial charge in [0.15, 0.2) is 0 Å². The molecule has 0 amide bonds. The first kappa shape index (κ1) is 25.4. The summed E-state index contributed by atoms with van der Waals surface area (Å²) in [6, 6.07) is 6.34. The highest BCUT2D eigenvalue weighted by molar-refractivity contribution is 7.89. The van der Waals surface area contributed by atoms with Crippen molar-refractivity contribution in [2.45, 2.75) is 57.0 Å². The van der Waals surface area contributed by atoms with Crippen LogP contribution < -0.4 is 15.6 Å². The molecule has 4 atom stereocenters. The SMILES string of the molecule is CCc1cc(O)ccc1C1CCC2C(C1)NNC2c1ncc(C2=CCCN(CCS(=O)(=O)NC)C2)[nH]1. The van der Waals surface area contributed by atoms with Gasteiger partial charge in [-0.25, -0.2) is 23.5 Å². The number of nitrogens with one attached hydrogen (secondary N) is 4. The number of phenolic OH excluding ortho intramolecular Hbond substituents is 1. The second kappa shape index (κ2) is 10.6. The smallest absolute Gasteiger partial charge is 0.212 e. The summed E-state index contributed by atoms with van der Waals surface area (Å²) in [5, 5.41) is 9.89. The third-order valence-corrected chi connectivity index (χ3v) is 9.50. The quantitative estimate of drug-likeness (QED) is 0.367. The Balaban J connectivity index is 1.22. The molecule has 5 N–H and O–H groups in total. The maximum absolute atomic E-state index is 11.8. The van der Waals surface area contributed by atoms with Crippen LogP contribution in [0.4, 0.5) is 0 Å². The van der Waals surface area contributed by atoms with Crippen molar-refractivity contribution in [3.63, 3.8) is 0 Å². The third kappa shape index (κ3) is 5.38. The van der Waals surface area contributed by atoms with Crippen molar-refractivity contribution in [1.29, 1.82) is 0 Å². The molecule has 1 aliphatic carbocycles. The minimum atomic E-state index is -3.20. The number of rotatable bonds is 8. The first-order valence-electron chi connectivity index (χ1n) is 13.1. The first-order chi connectivity index (χ1) is 17.4. The average Bonchev–Trinajstić information content (AvgIpc) is 3.54. The van der Waals surface area contributed by atoms with Crippen LogP contribution in [-0.4, -0.2) is 66.9 Å². The van der Waals surface area contributed by atoms with Gasteiger partial charge in [0, 0.05) is 25.7 Å². The Morgan fingerprint density at radius 3 is 2.92 bits per heavy atom. The average molecular weight is 515 g/mol. The number of aromatic hydroxyl groups is 1. The van der Waals surface area contributed by atoms with Gasteiger partial charge in [-0.3, -0.25) is 10.3 Å². The Morgan fingerprint density at radius 1 is 1.25 bits per heavy atom. The van der Waals surface area contributed by atoms with Gasteiger partial charge in [-0.15, -0.1) is 0 Å². The molecule has 1 saturated carbocycles. The van der Waals surface area contributed by atoms with E-state index in [-0.39, 0.29) is 11.8 Å². The number of nitrogens with zero attached hydrogens (tertiary/aromatic N) is 2. The van der Waals surface area contributed by atoms with E-state index in [9.17, 15) is 13.5 Å². The van der Waals surface area contributed by atoms with Gasteiger partial charge in [0.2, 0.25) is 10.0 Å². The summed E-state index contributed by atoms with van der Waals surface area (Å²) in [6.07, 6.45) is 9.27. The lowest BCUT2D eigenvalue weighted by atomic mass is 9.73. The molecule has 0 radical (unpaired) electrons. The van der Waals surface area contributed by atoms with E-state index < -0.39 is 10.0 Å². The fourth-order valence-corrected chi connectivity index (χ4v) is 6.82. The lowest BCUT2D eigenvalue weighted by molar-refractivity contribution is 0.276. The van der Waals surface area contributed by atoms with Crippen molar-refractivity contribution < 1.29 is 13.5 Å². The Labute approximate surface area is 213 Å². The van der Waals surface area contributed by atoms with Crippen LogP contribution in [0, 0.1) is 5.92 Å². The molecule has 196 valence electrons. The van der Waals surface area contributed by atoms with Gasteiger partial charge in [0.05, 0.1) is 23.7 Å².